The lowest BCUT2D eigenvalue weighted by atomic mass is 9.87. The first-order chi connectivity index (χ1) is 5.70. The van der Waals surface area contributed by atoms with E-state index in [1.165, 1.54) is 19.3 Å². The summed E-state index contributed by atoms with van der Waals surface area (Å²) in [7, 11) is 0. The maximum Gasteiger partial charge on any atom is 0.222 e. The van der Waals surface area contributed by atoms with E-state index in [-0.39, 0.29) is 6.10 Å². The predicted molar refractivity (Wildman–Crippen MR) is 45.7 cm³/mol. The Bertz CT molecular complexity index is 225. The number of hydrogen-bond donors (Lipinski definition) is 0. The topological polar surface area (TPSA) is 35.3 Å². The molecule has 0 amide bonds. The molecule has 3 atom stereocenters. The Morgan fingerprint density at radius 2 is 2.25 bits per heavy atom. The van der Waals surface area contributed by atoms with Crippen LogP contribution in [0, 0.1) is 17.0 Å². The first-order valence-corrected chi connectivity index (χ1v) is 4.67. The van der Waals surface area contributed by atoms with Crippen LogP contribution in [0.2, 0.25) is 0 Å². The maximum absolute atomic E-state index is 11.2. The molecule has 1 aliphatic carbocycles. The van der Waals surface area contributed by atoms with E-state index in [0.29, 0.717) is 11.8 Å². The Hall–Kier alpha value is -0.730. The Labute approximate surface area is 72.6 Å². The third-order valence-corrected chi connectivity index (χ3v) is 3.26. The van der Waals surface area contributed by atoms with Crippen LogP contribution in [0.4, 0.5) is 0 Å². The van der Waals surface area contributed by atoms with Gasteiger partial charge in [-0.3, -0.25) is 5.21 Å². The zero-order valence-electron chi connectivity index (χ0n) is 7.62. The van der Waals surface area contributed by atoms with Crippen molar-refractivity contribution in [2.24, 2.45) is 11.8 Å². The SMILES string of the molecule is CC1=[N+]([O-])O[C@@H](C)[C@H]2CCC[C@H]12. The summed E-state index contributed by atoms with van der Waals surface area (Å²) < 4.78 is 0. The van der Waals surface area contributed by atoms with E-state index in [2.05, 4.69) is 0 Å². The summed E-state index contributed by atoms with van der Waals surface area (Å²) in [6.07, 6.45) is 3.74. The Morgan fingerprint density at radius 3 is 3.00 bits per heavy atom. The van der Waals surface area contributed by atoms with Crippen LogP contribution in [-0.4, -0.2) is 16.7 Å². The van der Waals surface area contributed by atoms with Gasteiger partial charge in [-0.2, -0.15) is 0 Å². The number of nitrogens with zero attached hydrogens (tertiary/aromatic N) is 1. The summed E-state index contributed by atoms with van der Waals surface area (Å²) in [5.74, 6) is 1.08. The van der Waals surface area contributed by atoms with Gasteiger partial charge in [0.05, 0.1) is 6.10 Å². The zero-order valence-corrected chi connectivity index (χ0v) is 7.62. The van der Waals surface area contributed by atoms with E-state index in [1.807, 2.05) is 13.8 Å². The van der Waals surface area contributed by atoms with Gasteiger partial charge in [0.25, 0.3) is 0 Å². The summed E-state index contributed by atoms with van der Waals surface area (Å²) in [4.78, 5) is 5.87. The summed E-state index contributed by atoms with van der Waals surface area (Å²) in [6, 6.07) is 0. The van der Waals surface area contributed by atoms with Gasteiger partial charge in [-0.05, 0) is 25.7 Å². The van der Waals surface area contributed by atoms with Gasteiger partial charge in [-0.1, -0.05) is 6.42 Å². The summed E-state index contributed by atoms with van der Waals surface area (Å²) >= 11 is 0. The van der Waals surface area contributed by atoms with E-state index in [9.17, 15) is 5.21 Å². The van der Waals surface area contributed by atoms with Crippen LogP contribution in [0.15, 0.2) is 0 Å². The summed E-state index contributed by atoms with van der Waals surface area (Å²) in [6.45, 7) is 3.89. The van der Waals surface area contributed by atoms with Crippen molar-refractivity contribution in [3.8, 4) is 0 Å². The fraction of sp³-hybridized carbons (Fsp3) is 0.889. The van der Waals surface area contributed by atoms with E-state index in [0.717, 1.165) is 10.6 Å². The van der Waals surface area contributed by atoms with Crippen molar-refractivity contribution < 1.29 is 9.74 Å². The molecule has 3 heteroatoms. The van der Waals surface area contributed by atoms with Gasteiger partial charge in [0.15, 0.2) is 0 Å². The monoisotopic (exact) mass is 169 g/mol. The van der Waals surface area contributed by atoms with Crippen molar-refractivity contribution in [2.75, 3.05) is 0 Å². The molecular weight excluding hydrogens is 154 g/mol. The van der Waals surface area contributed by atoms with Crippen molar-refractivity contribution >= 4 is 5.71 Å². The third-order valence-electron chi connectivity index (χ3n) is 3.26. The van der Waals surface area contributed by atoms with Gasteiger partial charge < -0.3 is 4.84 Å². The molecule has 0 aromatic heterocycles. The molecule has 3 nitrogen and oxygen atoms in total. The van der Waals surface area contributed by atoms with Gasteiger partial charge >= 0.3 is 0 Å². The van der Waals surface area contributed by atoms with Crippen molar-refractivity contribution in [3.05, 3.63) is 5.21 Å². The summed E-state index contributed by atoms with van der Waals surface area (Å²) in [5, 5.41) is 11.2. The van der Waals surface area contributed by atoms with Crippen molar-refractivity contribution in [2.45, 2.75) is 39.2 Å². The molecule has 0 unspecified atom stereocenters. The first-order valence-electron chi connectivity index (χ1n) is 4.67. The average molecular weight is 169 g/mol. The second-order valence-electron chi connectivity index (χ2n) is 3.91. The molecular formula is C9H15NO2. The molecule has 0 aromatic rings. The standard InChI is InChI=1S/C9H15NO2/c1-6-8-4-3-5-9(8)7(2)12-10(6)11/h7-9H,3-5H2,1-2H3/t7-,8+,9+/m0/s1. The normalized spacial score (nSPS) is 41.0. The summed E-state index contributed by atoms with van der Waals surface area (Å²) in [5.41, 5.74) is 0.871. The molecule has 1 fully saturated rings. The molecule has 1 saturated carbocycles. The number of rotatable bonds is 0. The van der Waals surface area contributed by atoms with E-state index in [1.54, 1.807) is 0 Å². The predicted octanol–water partition coefficient (Wildman–Crippen LogP) is 1.71. The second kappa shape index (κ2) is 2.64. The average Bonchev–Trinajstić information content (AvgIpc) is 2.48. The molecule has 1 heterocycles. The lowest BCUT2D eigenvalue weighted by molar-refractivity contribution is -0.761. The van der Waals surface area contributed by atoms with Crippen molar-refractivity contribution in [1.29, 1.82) is 0 Å². The van der Waals surface area contributed by atoms with Crippen LogP contribution in [0.1, 0.15) is 33.1 Å². The van der Waals surface area contributed by atoms with Crippen molar-refractivity contribution in [1.82, 2.24) is 0 Å². The van der Waals surface area contributed by atoms with Crippen LogP contribution in [0.25, 0.3) is 0 Å². The highest BCUT2D eigenvalue weighted by molar-refractivity contribution is 5.80. The van der Waals surface area contributed by atoms with Crippen LogP contribution in [-0.2, 0) is 4.84 Å². The Balaban J connectivity index is 2.28. The molecule has 12 heavy (non-hydrogen) atoms. The van der Waals surface area contributed by atoms with Crippen LogP contribution >= 0.6 is 0 Å². The van der Waals surface area contributed by atoms with Crippen LogP contribution in [0.3, 0.4) is 0 Å². The third kappa shape index (κ3) is 0.993. The molecule has 68 valence electrons. The van der Waals surface area contributed by atoms with Gasteiger partial charge in [0, 0.05) is 17.7 Å². The molecule has 0 N–H and O–H groups in total. The molecule has 0 aromatic carbocycles. The number of fused-ring (bicyclic) bond motifs is 1. The molecule has 0 radical (unpaired) electrons. The highest BCUT2D eigenvalue weighted by Gasteiger charge is 2.40. The Kier molecular flexibility index (Phi) is 1.74. The second-order valence-corrected chi connectivity index (χ2v) is 3.91. The lowest BCUT2D eigenvalue weighted by Gasteiger charge is -2.31. The minimum absolute atomic E-state index is 0.110. The fourth-order valence-corrected chi connectivity index (χ4v) is 2.52. The highest BCUT2D eigenvalue weighted by Crippen LogP contribution is 2.38. The van der Waals surface area contributed by atoms with Gasteiger partial charge in [-0.25, -0.2) is 0 Å². The minimum atomic E-state index is 0.110. The minimum Gasteiger partial charge on any atom is -0.400 e. The molecule has 2 aliphatic rings. The quantitative estimate of drug-likeness (QED) is 0.517. The fourth-order valence-electron chi connectivity index (χ4n) is 2.52. The van der Waals surface area contributed by atoms with Crippen LogP contribution < -0.4 is 0 Å². The maximum atomic E-state index is 11.2. The van der Waals surface area contributed by atoms with Gasteiger partial charge in [0.1, 0.15) is 0 Å². The zero-order chi connectivity index (χ0) is 8.72. The smallest absolute Gasteiger partial charge is 0.222 e. The molecule has 0 saturated heterocycles. The highest BCUT2D eigenvalue weighted by atomic mass is 16.9. The van der Waals surface area contributed by atoms with E-state index >= 15 is 0 Å². The van der Waals surface area contributed by atoms with E-state index < -0.39 is 0 Å². The van der Waals surface area contributed by atoms with Crippen LogP contribution in [0.5, 0.6) is 0 Å². The Morgan fingerprint density at radius 1 is 1.50 bits per heavy atom. The number of hydrogen-bond acceptors (Lipinski definition) is 2. The van der Waals surface area contributed by atoms with Crippen molar-refractivity contribution in [3.63, 3.8) is 0 Å². The molecule has 0 spiro atoms. The lowest BCUT2D eigenvalue weighted by Crippen LogP contribution is -2.39. The van der Waals surface area contributed by atoms with Gasteiger partial charge in [-0.15, -0.1) is 0 Å². The first kappa shape index (κ1) is 7.90. The van der Waals surface area contributed by atoms with E-state index in [4.69, 9.17) is 4.84 Å². The molecule has 2 rings (SSSR count). The molecule has 1 aliphatic heterocycles. The molecule has 0 bridgehead atoms. The largest absolute Gasteiger partial charge is 0.400 e. The van der Waals surface area contributed by atoms with Gasteiger partial charge in [0.2, 0.25) is 5.71 Å².